The molecule has 3 amide bonds. The van der Waals surface area contributed by atoms with Gasteiger partial charge >= 0.3 is 0 Å². The highest BCUT2D eigenvalue weighted by Gasteiger charge is 2.42. The molecule has 0 spiro atoms. The van der Waals surface area contributed by atoms with Gasteiger partial charge in [0.15, 0.2) is 0 Å². The lowest BCUT2D eigenvalue weighted by Crippen LogP contribution is -2.57. The Morgan fingerprint density at radius 3 is 2.18 bits per heavy atom. The SMILES string of the molecule is CN(C)c1ccc(NC(=O)C(C)(C)N(Cc2ccc(Cl)cc2)C(=O)CN2C(=O)C(=O)c3ccccc32)cc1. The van der Waals surface area contributed by atoms with Crippen LogP contribution >= 0.6 is 11.6 Å². The summed E-state index contributed by atoms with van der Waals surface area (Å²) in [4.78, 5) is 57.0. The number of carbonyl (C=O) groups is 4. The highest BCUT2D eigenvalue weighted by atomic mass is 35.5. The molecule has 0 aromatic heterocycles. The minimum absolute atomic E-state index is 0.0909. The molecule has 3 aromatic rings. The standard InChI is InChI=1S/C29H29ClN4O4/c1-29(2,28(38)31-21-13-15-22(16-14-21)32(3)4)34(17-19-9-11-20(30)12-10-19)25(35)18-33-24-8-6-5-7-23(24)26(36)27(33)37/h5-16H,17-18H2,1-4H3,(H,31,38). The van der Waals surface area contributed by atoms with Gasteiger partial charge in [-0.1, -0.05) is 35.9 Å². The van der Waals surface area contributed by atoms with Crippen molar-refractivity contribution in [3.63, 3.8) is 0 Å². The molecule has 0 fully saturated rings. The third-order valence-electron chi connectivity index (χ3n) is 6.60. The maximum absolute atomic E-state index is 13.8. The predicted molar refractivity (Wildman–Crippen MR) is 149 cm³/mol. The van der Waals surface area contributed by atoms with Crippen LogP contribution in [0.4, 0.5) is 17.1 Å². The maximum atomic E-state index is 13.8. The van der Waals surface area contributed by atoms with Gasteiger partial charge in [-0.3, -0.25) is 24.1 Å². The number of nitrogens with zero attached hydrogens (tertiary/aromatic N) is 3. The molecule has 1 aliphatic rings. The number of para-hydroxylation sites is 1. The molecular formula is C29H29ClN4O4. The minimum atomic E-state index is -1.32. The van der Waals surface area contributed by atoms with Crippen LogP contribution in [0.25, 0.3) is 0 Å². The summed E-state index contributed by atoms with van der Waals surface area (Å²) in [5, 5.41) is 3.44. The summed E-state index contributed by atoms with van der Waals surface area (Å²) in [5.74, 6) is -2.31. The number of hydrogen-bond donors (Lipinski definition) is 1. The van der Waals surface area contributed by atoms with E-state index in [9.17, 15) is 19.2 Å². The monoisotopic (exact) mass is 532 g/mol. The number of anilines is 3. The Kier molecular flexibility index (Phi) is 7.55. The molecule has 196 valence electrons. The average Bonchev–Trinajstić information content (AvgIpc) is 3.13. The fourth-order valence-electron chi connectivity index (χ4n) is 4.25. The average molecular weight is 533 g/mol. The van der Waals surface area contributed by atoms with Gasteiger partial charge in [0.1, 0.15) is 12.1 Å². The van der Waals surface area contributed by atoms with E-state index in [0.717, 1.165) is 11.3 Å². The number of fused-ring (bicyclic) bond motifs is 1. The predicted octanol–water partition coefficient (Wildman–Crippen LogP) is 4.38. The molecule has 38 heavy (non-hydrogen) atoms. The number of Topliss-reactive ketones (excluding diaryl/α,β-unsaturated/α-hetero) is 1. The Balaban J connectivity index is 1.62. The molecule has 0 saturated heterocycles. The zero-order valence-corrected chi connectivity index (χ0v) is 22.5. The molecule has 0 bridgehead atoms. The lowest BCUT2D eigenvalue weighted by atomic mass is 9.99. The number of nitrogens with one attached hydrogen (secondary N) is 1. The number of amides is 3. The van der Waals surface area contributed by atoms with Crippen molar-refractivity contribution in [1.29, 1.82) is 0 Å². The van der Waals surface area contributed by atoms with E-state index < -0.39 is 29.0 Å². The molecule has 0 saturated carbocycles. The third kappa shape index (κ3) is 5.40. The van der Waals surface area contributed by atoms with E-state index in [4.69, 9.17) is 11.6 Å². The van der Waals surface area contributed by atoms with Crippen molar-refractivity contribution in [3.05, 3.63) is 88.9 Å². The van der Waals surface area contributed by atoms with Gasteiger partial charge in [-0.05, 0) is 67.9 Å². The Morgan fingerprint density at radius 1 is 0.921 bits per heavy atom. The first-order valence-electron chi connectivity index (χ1n) is 12.1. The van der Waals surface area contributed by atoms with Gasteiger partial charge in [-0.2, -0.15) is 0 Å². The zero-order valence-electron chi connectivity index (χ0n) is 21.7. The summed E-state index contributed by atoms with van der Waals surface area (Å²) in [7, 11) is 3.85. The number of ketones is 1. The van der Waals surface area contributed by atoms with Crippen LogP contribution in [0.1, 0.15) is 29.8 Å². The molecular weight excluding hydrogens is 504 g/mol. The van der Waals surface area contributed by atoms with E-state index in [0.29, 0.717) is 16.4 Å². The first-order valence-corrected chi connectivity index (χ1v) is 12.5. The number of halogens is 1. The second-order valence-electron chi connectivity index (χ2n) is 9.80. The van der Waals surface area contributed by atoms with Crippen LogP contribution in [0.5, 0.6) is 0 Å². The van der Waals surface area contributed by atoms with Crippen LogP contribution in [-0.4, -0.2) is 54.6 Å². The highest BCUT2D eigenvalue weighted by Crippen LogP contribution is 2.30. The summed E-state index contributed by atoms with van der Waals surface area (Å²) in [6.07, 6.45) is 0. The summed E-state index contributed by atoms with van der Waals surface area (Å²) in [5.41, 5.74) is 1.64. The summed E-state index contributed by atoms with van der Waals surface area (Å²) >= 11 is 6.04. The number of carbonyl (C=O) groups excluding carboxylic acids is 4. The number of hydrogen-bond acceptors (Lipinski definition) is 5. The molecule has 1 heterocycles. The Hall–Kier alpha value is -4.17. The van der Waals surface area contributed by atoms with Crippen molar-refractivity contribution in [1.82, 2.24) is 4.90 Å². The van der Waals surface area contributed by atoms with Crippen molar-refractivity contribution in [2.24, 2.45) is 0 Å². The van der Waals surface area contributed by atoms with Crippen LogP contribution in [0.2, 0.25) is 5.02 Å². The van der Waals surface area contributed by atoms with Gasteiger partial charge in [0.05, 0.1) is 11.3 Å². The molecule has 8 nitrogen and oxygen atoms in total. The van der Waals surface area contributed by atoms with Gasteiger partial charge in [-0.25, -0.2) is 0 Å². The Bertz CT molecular complexity index is 1380. The van der Waals surface area contributed by atoms with Crippen molar-refractivity contribution in [3.8, 4) is 0 Å². The fraction of sp³-hybridized carbons (Fsp3) is 0.241. The molecule has 0 atom stereocenters. The molecule has 1 aliphatic heterocycles. The smallest absolute Gasteiger partial charge is 0.299 e. The summed E-state index contributed by atoms with van der Waals surface area (Å²) in [6.45, 7) is 3.00. The molecule has 0 unspecified atom stereocenters. The Morgan fingerprint density at radius 2 is 1.55 bits per heavy atom. The zero-order chi connectivity index (χ0) is 27.6. The topological polar surface area (TPSA) is 90.0 Å². The van der Waals surface area contributed by atoms with E-state index in [2.05, 4.69) is 5.32 Å². The van der Waals surface area contributed by atoms with Crippen LogP contribution < -0.4 is 15.1 Å². The van der Waals surface area contributed by atoms with Crippen LogP contribution in [0.3, 0.4) is 0 Å². The van der Waals surface area contributed by atoms with E-state index in [1.54, 1.807) is 74.5 Å². The lowest BCUT2D eigenvalue weighted by Gasteiger charge is -2.38. The van der Waals surface area contributed by atoms with E-state index in [-0.39, 0.29) is 18.7 Å². The number of benzene rings is 3. The van der Waals surface area contributed by atoms with Crippen molar-refractivity contribution >= 4 is 52.2 Å². The largest absolute Gasteiger partial charge is 0.378 e. The molecule has 1 N–H and O–H groups in total. The molecule has 4 rings (SSSR count). The van der Waals surface area contributed by atoms with E-state index in [1.807, 2.05) is 31.1 Å². The van der Waals surface area contributed by atoms with Gasteiger partial charge in [-0.15, -0.1) is 0 Å². The first-order chi connectivity index (χ1) is 18.0. The molecule has 3 aromatic carbocycles. The number of rotatable bonds is 8. The lowest BCUT2D eigenvalue weighted by molar-refractivity contribution is -0.143. The van der Waals surface area contributed by atoms with Gasteiger partial charge in [0.25, 0.3) is 11.7 Å². The van der Waals surface area contributed by atoms with E-state index in [1.165, 1.54) is 9.80 Å². The third-order valence-corrected chi connectivity index (χ3v) is 6.85. The van der Waals surface area contributed by atoms with Crippen LogP contribution in [-0.2, 0) is 20.9 Å². The van der Waals surface area contributed by atoms with E-state index >= 15 is 0 Å². The van der Waals surface area contributed by atoms with Crippen LogP contribution in [0, 0.1) is 0 Å². The van der Waals surface area contributed by atoms with Crippen molar-refractivity contribution in [2.45, 2.75) is 25.9 Å². The second-order valence-corrected chi connectivity index (χ2v) is 10.2. The quantitative estimate of drug-likeness (QED) is 0.435. The summed E-state index contributed by atoms with van der Waals surface area (Å²) < 4.78 is 0. The maximum Gasteiger partial charge on any atom is 0.299 e. The summed E-state index contributed by atoms with van der Waals surface area (Å²) in [6, 6.07) is 20.9. The normalized spacial score (nSPS) is 12.8. The van der Waals surface area contributed by atoms with Crippen molar-refractivity contribution < 1.29 is 19.2 Å². The molecule has 9 heteroatoms. The molecule has 0 radical (unpaired) electrons. The first kappa shape index (κ1) is 26.9. The van der Waals surface area contributed by atoms with Gasteiger partial charge < -0.3 is 15.1 Å². The van der Waals surface area contributed by atoms with Crippen molar-refractivity contribution in [2.75, 3.05) is 35.8 Å². The van der Waals surface area contributed by atoms with Gasteiger partial charge in [0.2, 0.25) is 11.8 Å². The Labute approximate surface area is 226 Å². The van der Waals surface area contributed by atoms with Crippen LogP contribution in [0.15, 0.2) is 72.8 Å². The minimum Gasteiger partial charge on any atom is -0.378 e. The molecule has 0 aliphatic carbocycles. The fourth-order valence-corrected chi connectivity index (χ4v) is 4.37. The highest BCUT2D eigenvalue weighted by molar-refractivity contribution is 6.52. The van der Waals surface area contributed by atoms with Gasteiger partial charge in [0, 0.05) is 37.0 Å². The second kappa shape index (κ2) is 10.7.